The summed E-state index contributed by atoms with van der Waals surface area (Å²) in [6, 6.07) is 1.35. The second-order valence-electron chi connectivity index (χ2n) is 3.06. The van der Waals surface area contributed by atoms with E-state index in [1.54, 1.807) is 0 Å². The van der Waals surface area contributed by atoms with Crippen LogP contribution in [0.5, 0.6) is 0 Å². The summed E-state index contributed by atoms with van der Waals surface area (Å²) in [7, 11) is 0. The fourth-order valence-corrected chi connectivity index (χ4v) is 1.25. The minimum absolute atomic E-state index is 0.00486. The van der Waals surface area contributed by atoms with Gasteiger partial charge in [-0.2, -0.15) is 0 Å². The van der Waals surface area contributed by atoms with E-state index < -0.39 is 23.6 Å². The van der Waals surface area contributed by atoms with Crippen LogP contribution in [-0.2, 0) is 4.79 Å². The number of aliphatic carboxylic acids is 1. The Balaban J connectivity index is 3.01. The molecule has 0 saturated carbocycles. The highest BCUT2D eigenvalue weighted by atomic mass is 19.1. The Bertz CT molecular complexity index is 420. The van der Waals surface area contributed by atoms with E-state index in [4.69, 9.17) is 11.5 Å². The number of terminal acetylenes is 1. The predicted molar refractivity (Wildman–Crippen MR) is 53.6 cm³/mol. The van der Waals surface area contributed by atoms with Gasteiger partial charge in [0, 0.05) is 6.07 Å². The highest BCUT2D eigenvalue weighted by Crippen LogP contribution is 2.16. The summed E-state index contributed by atoms with van der Waals surface area (Å²) in [4.78, 5) is 10.9. The molecule has 0 aromatic heterocycles. The van der Waals surface area contributed by atoms with Crippen molar-refractivity contribution >= 4 is 5.97 Å². The zero-order valence-corrected chi connectivity index (χ0v) is 8.21. The van der Waals surface area contributed by atoms with Crippen molar-refractivity contribution in [3.63, 3.8) is 0 Å². The lowest BCUT2D eigenvalue weighted by molar-refractivity contribution is -0.139. The van der Waals surface area contributed by atoms with E-state index in [0.29, 0.717) is 6.07 Å². The predicted octanol–water partition coefficient (Wildman–Crippen LogP) is 1.31. The van der Waals surface area contributed by atoms with Crippen LogP contribution in [0, 0.1) is 24.0 Å². The zero-order chi connectivity index (χ0) is 12.1. The van der Waals surface area contributed by atoms with Gasteiger partial charge < -0.3 is 5.11 Å². The maximum absolute atomic E-state index is 12.9. The molecule has 0 radical (unpaired) electrons. The van der Waals surface area contributed by atoms with Crippen molar-refractivity contribution in [3.05, 3.63) is 35.4 Å². The maximum atomic E-state index is 12.9. The lowest BCUT2D eigenvalue weighted by Gasteiger charge is -2.13. The van der Waals surface area contributed by atoms with Gasteiger partial charge in [-0.25, -0.2) is 8.78 Å². The molecule has 0 saturated heterocycles. The molecule has 0 heterocycles. The van der Waals surface area contributed by atoms with E-state index in [2.05, 4.69) is 11.2 Å². The molecule has 0 aliphatic rings. The SMILES string of the molecule is C#CCNC(C(=O)O)c1cc(F)cc(F)c1. The molecule has 0 aliphatic heterocycles. The number of carbonyl (C=O) groups is 1. The summed E-state index contributed by atoms with van der Waals surface area (Å²) in [6.45, 7) is -0.00486. The molecular formula is C11H9F2NO2. The summed E-state index contributed by atoms with van der Waals surface area (Å²) < 4.78 is 25.7. The first-order chi connectivity index (χ1) is 7.54. The van der Waals surface area contributed by atoms with Gasteiger partial charge in [-0.1, -0.05) is 5.92 Å². The monoisotopic (exact) mass is 225 g/mol. The van der Waals surface area contributed by atoms with Crippen LogP contribution in [0.1, 0.15) is 11.6 Å². The molecule has 84 valence electrons. The van der Waals surface area contributed by atoms with E-state index in [9.17, 15) is 13.6 Å². The van der Waals surface area contributed by atoms with Crippen molar-refractivity contribution in [2.45, 2.75) is 6.04 Å². The average Bonchev–Trinajstić information content (AvgIpc) is 2.16. The zero-order valence-electron chi connectivity index (χ0n) is 8.21. The first-order valence-corrected chi connectivity index (χ1v) is 4.40. The van der Waals surface area contributed by atoms with E-state index in [1.165, 1.54) is 0 Å². The number of carboxylic acids is 1. The topological polar surface area (TPSA) is 49.3 Å². The molecule has 0 fully saturated rings. The molecule has 1 rings (SSSR count). The van der Waals surface area contributed by atoms with Gasteiger partial charge in [0.2, 0.25) is 0 Å². The fraction of sp³-hybridized carbons (Fsp3) is 0.182. The van der Waals surface area contributed by atoms with Crippen LogP contribution in [0.4, 0.5) is 8.78 Å². The Labute approximate surface area is 91.1 Å². The molecule has 5 heteroatoms. The molecule has 1 unspecified atom stereocenters. The van der Waals surface area contributed by atoms with E-state index in [0.717, 1.165) is 12.1 Å². The van der Waals surface area contributed by atoms with Gasteiger partial charge in [0.25, 0.3) is 0 Å². The van der Waals surface area contributed by atoms with Crippen LogP contribution in [0.3, 0.4) is 0 Å². The lowest BCUT2D eigenvalue weighted by atomic mass is 10.1. The Hall–Kier alpha value is -1.93. The second-order valence-corrected chi connectivity index (χ2v) is 3.06. The molecule has 0 bridgehead atoms. The van der Waals surface area contributed by atoms with Crippen molar-refractivity contribution in [1.29, 1.82) is 0 Å². The number of carboxylic acid groups (broad SMARTS) is 1. The quantitative estimate of drug-likeness (QED) is 0.759. The van der Waals surface area contributed by atoms with Gasteiger partial charge in [0.05, 0.1) is 6.54 Å². The van der Waals surface area contributed by atoms with Gasteiger partial charge in [-0.3, -0.25) is 10.1 Å². The summed E-state index contributed by atoms with van der Waals surface area (Å²) in [6.07, 6.45) is 4.96. The van der Waals surface area contributed by atoms with Gasteiger partial charge in [0.1, 0.15) is 17.7 Å². The van der Waals surface area contributed by atoms with Crippen LogP contribution < -0.4 is 5.32 Å². The summed E-state index contributed by atoms with van der Waals surface area (Å²) in [5.74, 6) is -0.719. The number of hydrogen-bond donors (Lipinski definition) is 2. The normalized spacial score (nSPS) is 11.8. The third kappa shape index (κ3) is 3.04. The third-order valence-electron chi connectivity index (χ3n) is 1.87. The molecule has 0 aliphatic carbocycles. The summed E-state index contributed by atoms with van der Waals surface area (Å²) in [5, 5.41) is 11.3. The highest BCUT2D eigenvalue weighted by Gasteiger charge is 2.19. The molecule has 0 spiro atoms. The molecule has 16 heavy (non-hydrogen) atoms. The van der Waals surface area contributed by atoms with Crippen LogP contribution in [0.15, 0.2) is 18.2 Å². The molecule has 1 aromatic carbocycles. The van der Waals surface area contributed by atoms with E-state index in [1.807, 2.05) is 0 Å². The largest absolute Gasteiger partial charge is 0.480 e. The highest BCUT2D eigenvalue weighted by molar-refractivity contribution is 5.75. The van der Waals surface area contributed by atoms with E-state index >= 15 is 0 Å². The van der Waals surface area contributed by atoms with Crippen LogP contribution in [0.25, 0.3) is 0 Å². The Morgan fingerprint density at radius 2 is 2.00 bits per heavy atom. The van der Waals surface area contributed by atoms with Gasteiger partial charge in [-0.15, -0.1) is 6.42 Å². The molecule has 1 atom stereocenters. The van der Waals surface area contributed by atoms with Crippen LogP contribution in [-0.4, -0.2) is 17.6 Å². The van der Waals surface area contributed by atoms with Crippen LogP contribution >= 0.6 is 0 Å². The minimum atomic E-state index is -1.25. The van der Waals surface area contributed by atoms with Gasteiger partial charge >= 0.3 is 5.97 Å². The molecule has 2 N–H and O–H groups in total. The van der Waals surface area contributed by atoms with Crippen molar-refractivity contribution < 1.29 is 18.7 Å². The molecule has 1 aromatic rings. The maximum Gasteiger partial charge on any atom is 0.325 e. The molecular weight excluding hydrogens is 216 g/mol. The van der Waals surface area contributed by atoms with Crippen molar-refractivity contribution in [3.8, 4) is 12.3 Å². The van der Waals surface area contributed by atoms with Crippen LogP contribution in [0.2, 0.25) is 0 Å². The summed E-state index contributed by atoms with van der Waals surface area (Å²) >= 11 is 0. The molecule has 3 nitrogen and oxygen atoms in total. The first-order valence-electron chi connectivity index (χ1n) is 4.40. The number of halogens is 2. The standard InChI is InChI=1S/C11H9F2NO2/c1-2-3-14-10(11(15)16)7-4-8(12)6-9(13)5-7/h1,4-6,10,14H,3H2,(H,15,16). The minimum Gasteiger partial charge on any atom is -0.480 e. The Kier molecular flexibility index (Phi) is 3.97. The van der Waals surface area contributed by atoms with Gasteiger partial charge in [-0.05, 0) is 17.7 Å². The third-order valence-corrected chi connectivity index (χ3v) is 1.87. The van der Waals surface area contributed by atoms with Crippen molar-refractivity contribution in [1.82, 2.24) is 5.32 Å². The number of nitrogens with one attached hydrogen (secondary N) is 1. The number of benzene rings is 1. The molecule has 0 amide bonds. The Morgan fingerprint density at radius 1 is 1.44 bits per heavy atom. The fourth-order valence-electron chi connectivity index (χ4n) is 1.25. The Morgan fingerprint density at radius 3 is 2.44 bits per heavy atom. The van der Waals surface area contributed by atoms with Crippen molar-refractivity contribution in [2.24, 2.45) is 0 Å². The van der Waals surface area contributed by atoms with E-state index in [-0.39, 0.29) is 12.1 Å². The van der Waals surface area contributed by atoms with Gasteiger partial charge in [0.15, 0.2) is 0 Å². The first kappa shape index (κ1) is 12.1. The second kappa shape index (κ2) is 5.24. The number of hydrogen-bond acceptors (Lipinski definition) is 2. The lowest BCUT2D eigenvalue weighted by Crippen LogP contribution is -2.28. The smallest absolute Gasteiger partial charge is 0.325 e. The number of rotatable bonds is 4. The summed E-state index contributed by atoms with van der Waals surface area (Å²) in [5.41, 5.74) is -0.0137. The van der Waals surface area contributed by atoms with Crippen molar-refractivity contribution in [2.75, 3.05) is 6.54 Å². The average molecular weight is 225 g/mol.